The van der Waals surface area contributed by atoms with Crippen LogP contribution < -0.4 is 0 Å². The molecular weight excluding hydrogens is 288 g/mol. The molecule has 2 aliphatic rings. The molecule has 4 nitrogen and oxygen atoms in total. The predicted molar refractivity (Wildman–Crippen MR) is 90.3 cm³/mol. The van der Waals surface area contributed by atoms with Crippen LogP contribution >= 0.6 is 0 Å². The number of carbonyl (C=O) groups is 1. The van der Waals surface area contributed by atoms with Crippen molar-refractivity contribution in [2.24, 2.45) is 13.0 Å². The first-order valence-corrected chi connectivity index (χ1v) is 8.64. The van der Waals surface area contributed by atoms with E-state index in [2.05, 4.69) is 4.57 Å². The van der Waals surface area contributed by atoms with Crippen molar-refractivity contribution in [3.8, 4) is 0 Å². The van der Waals surface area contributed by atoms with Crippen LogP contribution in [0.3, 0.4) is 0 Å². The van der Waals surface area contributed by atoms with Crippen LogP contribution in [0.1, 0.15) is 42.5 Å². The molecule has 2 aromatic rings. The molecule has 0 spiro atoms. The van der Waals surface area contributed by atoms with E-state index in [0.717, 1.165) is 42.1 Å². The molecule has 4 heteroatoms. The number of piperidine rings is 1. The molecule has 2 atom stereocenters. The van der Waals surface area contributed by atoms with Crippen LogP contribution in [-0.2, 0) is 7.05 Å². The Morgan fingerprint density at radius 2 is 2.13 bits per heavy atom. The molecule has 1 amide bonds. The Balaban J connectivity index is 1.56. The molecule has 0 radical (unpaired) electrons. The number of aryl methyl sites for hydroxylation is 1. The monoisotopic (exact) mass is 312 g/mol. The number of aliphatic hydroxyl groups is 1. The van der Waals surface area contributed by atoms with Crippen molar-refractivity contribution in [3.05, 3.63) is 36.0 Å². The molecule has 2 heterocycles. The van der Waals surface area contributed by atoms with Crippen LogP contribution in [0.15, 0.2) is 30.5 Å². The summed E-state index contributed by atoms with van der Waals surface area (Å²) in [6.45, 7) is 1.36. The second-order valence-corrected chi connectivity index (χ2v) is 7.25. The number of benzene rings is 1. The highest BCUT2D eigenvalue weighted by molar-refractivity contribution is 5.98. The van der Waals surface area contributed by atoms with Gasteiger partial charge in [-0.05, 0) is 43.5 Å². The molecule has 1 N–H and O–H groups in total. The maximum Gasteiger partial charge on any atom is 0.253 e. The van der Waals surface area contributed by atoms with Crippen LogP contribution in [0.2, 0.25) is 0 Å². The van der Waals surface area contributed by atoms with E-state index in [1.54, 1.807) is 0 Å². The Labute approximate surface area is 136 Å². The van der Waals surface area contributed by atoms with E-state index in [1.165, 1.54) is 6.42 Å². The number of nitrogens with zero attached hydrogens (tertiary/aromatic N) is 2. The molecule has 1 saturated carbocycles. The van der Waals surface area contributed by atoms with Gasteiger partial charge in [0.25, 0.3) is 5.91 Å². The molecule has 2 fully saturated rings. The van der Waals surface area contributed by atoms with Crippen molar-refractivity contribution >= 4 is 16.8 Å². The van der Waals surface area contributed by atoms with Gasteiger partial charge in [-0.25, -0.2) is 0 Å². The number of likely N-dealkylation sites (tertiary alicyclic amines) is 1. The minimum absolute atomic E-state index is 0.100. The van der Waals surface area contributed by atoms with Gasteiger partial charge in [0, 0.05) is 48.7 Å². The van der Waals surface area contributed by atoms with Gasteiger partial charge in [-0.1, -0.05) is 12.8 Å². The van der Waals surface area contributed by atoms with Gasteiger partial charge in [0.05, 0.1) is 5.60 Å². The van der Waals surface area contributed by atoms with Crippen molar-refractivity contribution in [1.29, 1.82) is 0 Å². The Hall–Kier alpha value is -1.81. The summed E-state index contributed by atoms with van der Waals surface area (Å²) in [6.07, 6.45) is 6.96. The zero-order valence-electron chi connectivity index (χ0n) is 13.7. The molecule has 1 aliphatic heterocycles. The zero-order valence-corrected chi connectivity index (χ0v) is 13.7. The van der Waals surface area contributed by atoms with Gasteiger partial charge < -0.3 is 14.6 Å². The fourth-order valence-electron chi connectivity index (χ4n) is 4.35. The highest BCUT2D eigenvalue weighted by atomic mass is 16.3. The molecular formula is C19H24N2O2. The van der Waals surface area contributed by atoms with E-state index >= 15 is 0 Å². The largest absolute Gasteiger partial charge is 0.389 e. The van der Waals surface area contributed by atoms with E-state index in [9.17, 15) is 9.90 Å². The first-order valence-electron chi connectivity index (χ1n) is 8.64. The third kappa shape index (κ3) is 2.45. The van der Waals surface area contributed by atoms with E-state index in [4.69, 9.17) is 0 Å². The Bertz CT molecular complexity index is 751. The van der Waals surface area contributed by atoms with Gasteiger partial charge in [0.15, 0.2) is 0 Å². The summed E-state index contributed by atoms with van der Waals surface area (Å²) in [5.41, 5.74) is 1.37. The zero-order chi connectivity index (χ0) is 16.0. The van der Waals surface area contributed by atoms with Crippen LogP contribution in [0.5, 0.6) is 0 Å². The summed E-state index contributed by atoms with van der Waals surface area (Å²) < 4.78 is 2.06. The molecule has 1 aliphatic carbocycles. The van der Waals surface area contributed by atoms with E-state index in [-0.39, 0.29) is 11.8 Å². The average molecular weight is 312 g/mol. The fourth-order valence-corrected chi connectivity index (χ4v) is 4.35. The van der Waals surface area contributed by atoms with E-state index in [1.807, 2.05) is 42.4 Å². The third-order valence-corrected chi connectivity index (χ3v) is 5.85. The molecule has 1 aromatic heterocycles. The quantitative estimate of drug-likeness (QED) is 0.880. The molecule has 1 saturated heterocycles. The van der Waals surface area contributed by atoms with Gasteiger partial charge in [-0.2, -0.15) is 0 Å². The van der Waals surface area contributed by atoms with Gasteiger partial charge in [-0.3, -0.25) is 4.79 Å². The van der Waals surface area contributed by atoms with Crippen molar-refractivity contribution < 1.29 is 9.90 Å². The smallest absolute Gasteiger partial charge is 0.253 e. The van der Waals surface area contributed by atoms with Crippen molar-refractivity contribution in [3.63, 3.8) is 0 Å². The number of fused-ring (bicyclic) bond motifs is 2. The summed E-state index contributed by atoms with van der Waals surface area (Å²) in [6, 6.07) is 7.97. The lowest BCUT2D eigenvalue weighted by atomic mass is 9.71. The highest BCUT2D eigenvalue weighted by Gasteiger charge is 2.43. The second kappa shape index (κ2) is 5.38. The predicted octanol–water partition coefficient (Wildman–Crippen LogP) is 2.95. The van der Waals surface area contributed by atoms with Crippen molar-refractivity contribution in [1.82, 2.24) is 9.47 Å². The summed E-state index contributed by atoms with van der Waals surface area (Å²) in [5.74, 6) is 0.345. The Morgan fingerprint density at radius 1 is 1.26 bits per heavy atom. The summed E-state index contributed by atoms with van der Waals surface area (Å²) in [7, 11) is 2.01. The topological polar surface area (TPSA) is 45.5 Å². The standard InChI is InChI=1S/C19H24N2O2/c1-20-10-7-14-12-15(5-6-17(14)20)18(22)21-11-9-19(23)8-3-2-4-16(19)13-21/h5-7,10,12,16,23H,2-4,8-9,11,13H2,1H3/t16-,19+/m0/s1. The third-order valence-electron chi connectivity index (χ3n) is 5.85. The highest BCUT2D eigenvalue weighted by Crippen LogP contribution is 2.40. The van der Waals surface area contributed by atoms with Crippen molar-refractivity contribution in [2.75, 3.05) is 13.1 Å². The minimum Gasteiger partial charge on any atom is -0.389 e. The first kappa shape index (κ1) is 14.8. The number of hydrogen-bond donors (Lipinski definition) is 1. The number of carbonyl (C=O) groups excluding carboxylic acids is 1. The Kier molecular flexibility index (Phi) is 3.45. The van der Waals surface area contributed by atoms with Crippen LogP contribution in [0.4, 0.5) is 0 Å². The van der Waals surface area contributed by atoms with Crippen LogP contribution in [-0.4, -0.2) is 39.2 Å². The molecule has 1 aromatic carbocycles. The number of amides is 1. The summed E-state index contributed by atoms with van der Waals surface area (Å²) >= 11 is 0. The van der Waals surface area contributed by atoms with Gasteiger partial charge in [0.2, 0.25) is 0 Å². The maximum absolute atomic E-state index is 12.9. The lowest BCUT2D eigenvalue weighted by Crippen LogP contribution is -2.54. The number of rotatable bonds is 1. The average Bonchev–Trinajstić information content (AvgIpc) is 2.94. The molecule has 0 unspecified atom stereocenters. The first-order chi connectivity index (χ1) is 11.1. The van der Waals surface area contributed by atoms with E-state index in [0.29, 0.717) is 13.1 Å². The van der Waals surface area contributed by atoms with Crippen molar-refractivity contribution in [2.45, 2.75) is 37.7 Å². The summed E-state index contributed by atoms with van der Waals surface area (Å²) in [4.78, 5) is 14.8. The lowest BCUT2D eigenvalue weighted by molar-refractivity contribution is -0.0886. The summed E-state index contributed by atoms with van der Waals surface area (Å²) in [5, 5.41) is 11.9. The second-order valence-electron chi connectivity index (χ2n) is 7.25. The fraction of sp³-hybridized carbons (Fsp3) is 0.526. The number of hydrogen-bond acceptors (Lipinski definition) is 2. The van der Waals surface area contributed by atoms with Gasteiger partial charge in [-0.15, -0.1) is 0 Å². The normalized spacial score (nSPS) is 27.9. The minimum atomic E-state index is -0.529. The lowest BCUT2D eigenvalue weighted by Gasteiger charge is -2.47. The van der Waals surface area contributed by atoms with Crippen LogP contribution in [0, 0.1) is 5.92 Å². The molecule has 23 heavy (non-hydrogen) atoms. The molecule has 4 rings (SSSR count). The maximum atomic E-state index is 12.9. The molecule has 0 bridgehead atoms. The van der Waals surface area contributed by atoms with E-state index < -0.39 is 5.60 Å². The number of aromatic nitrogens is 1. The van der Waals surface area contributed by atoms with Gasteiger partial charge in [0.1, 0.15) is 0 Å². The Morgan fingerprint density at radius 3 is 3.00 bits per heavy atom. The molecule has 122 valence electrons. The SMILES string of the molecule is Cn1ccc2cc(C(=O)N3CC[C@]4(O)CCCC[C@H]4C3)ccc21. The van der Waals surface area contributed by atoms with Crippen LogP contribution in [0.25, 0.3) is 10.9 Å². The van der Waals surface area contributed by atoms with Gasteiger partial charge >= 0.3 is 0 Å².